The molecule has 0 unspecified atom stereocenters. The molecule has 28 heavy (non-hydrogen) atoms. The molecule has 10 atom stereocenters. The van der Waals surface area contributed by atoms with E-state index in [9.17, 15) is 20.4 Å². The average Bonchev–Trinajstić information content (AvgIpc) is 2.85. The molecule has 0 bridgehead atoms. The van der Waals surface area contributed by atoms with E-state index in [0.717, 1.165) is 11.1 Å². The highest BCUT2D eigenvalue weighted by Crippen LogP contribution is 2.71. The molecule has 4 rings (SSSR count). The third-order valence-electron chi connectivity index (χ3n) is 9.72. The summed E-state index contributed by atoms with van der Waals surface area (Å²) in [5.41, 5.74) is -0.713. The molecule has 0 spiro atoms. The number of aliphatic hydroxyl groups excluding tert-OH is 3. The molecular weight excluding hydrogens is 356 g/mol. The fourth-order valence-electron chi connectivity index (χ4n) is 8.37. The van der Waals surface area contributed by atoms with Crippen LogP contribution < -0.4 is 0 Å². The van der Waals surface area contributed by atoms with E-state index >= 15 is 0 Å². The first-order valence-corrected chi connectivity index (χ1v) is 10.8. The van der Waals surface area contributed by atoms with Gasteiger partial charge in [-0.25, -0.2) is 0 Å². The summed E-state index contributed by atoms with van der Waals surface area (Å²) in [7, 11) is 0. The van der Waals surface area contributed by atoms with Gasteiger partial charge in [0.15, 0.2) is 0 Å². The van der Waals surface area contributed by atoms with Gasteiger partial charge in [0.25, 0.3) is 0 Å². The van der Waals surface area contributed by atoms with Gasteiger partial charge in [0, 0.05) is 28.6 Å². The summed E-state index contributed by atoms with van der Waals surface area (Å²) in [6.45, 7) is 14.6. The van der Waals surface area contributed by atoms with Crippen LogP contribution in [0.15, 0.2) is 11.1 Å². The van der Waals surface area contributed by atoms with Crippen LogP contribution in [0.25, 0.3) is 0 Å². The number of aliphatic hydroxyl groups is 4. The van der Waals surface area contributed by atoms with Gasteiger partial charge in [-0.05, 0) is 44.6 Å². The molecule has 5 nitrogen and oxygen atoms in total. The molecule has 5 heteroatoms. The van der Waals surface area contributed by atoms with E-state index in [1.54, 1.807) is 0 Å². The van der Waals surface area contributed by atoms with Crippen LogP contribution in [-0.2, 0) is 4.74 Å². The summed E-state index contributed by atoms with van der Waals surface area (Å²) in [5.74, 6) is -0.329. The summed E-state index contributed by atoms with van der Waals surface area (Å²) in [6, 6.07) is 0. The second-order valence-electron chi connectivity index (χ2n) is 11.3. The van der Waals surface area contributed by atoms with Crippen molar-refractivity contribution in [3.05, 3.63) is 11.1 Å². The van der Waals surface area contributed by atoms with Crippen molar-refractivity contribution in [2.45, 2.75) is 91.3 Å². The Labute approximate surface area is 168 Å². The minimum atomic E-state index is -1.07. The van der Waals surface area contributed by atoms with Crippen molar-refractivity contribution in [2.24, 2.45) is 34.0 Å². The zero-order valence-electron chi connectivity index (χ0n) is 18.4. The van der Waals surface area contributed by atoms with Crippen LogP contribution in [0.4, 0.5) is 0 Å². The molecule has 4 N–H and O–H groups in total. The van der Waals surface area contributed by atoms with Gasteiger partial charge in [-0.2, -0.15) is 0 Å². The molecule has 1 aliphatic heterocycles. The van der Waals surface area contributed by atoms with Crippen molar-refractivity contribution in [3.8, 4) is 0 Å². The molecule has 3 fully saturated rings. The Kier molecular flexibility index (Phi) is 4.32. The molecule has 0 aromatic heterocycles. The van der Waals surface area contributed by atoms with Crippen LogP contribution in [0.1, 0.15) is 61.3 Å². The Morgan fingerprint density at radius 3 is 2.21 bits per heavy atom. The quantitative estimate of drug-likeness (QED) is 0.512. The topological polar surface area (TPSA) is 90.2 Å². The van der Waals surface area contributed by atoms with Crippen LogP contribution in [0.3, 0.4) is 0 Å². The lowest BCUT2D eigenvalue weighted by molar-refractivity contribution is -0.308. The van der Waals surface area contributed by atoms with Crippen LogP contribution in [0.5, 0.6) is 0 Å². The van der Waals surface area contributed by atoms with Crippen molar-refractivity contribution in [3.63, 3.8) is 0 Å². The van der Waals surface area contributed by atoms with Crippen molar-refractivity contribution in [2.75, 3.05) is 6.61 Å². The smallest absolute Gasteiger partial charge is 0.0760 e. The Balaban J connectivity index is 2.02. The molecular formula is C23H38O5. The molecule has 4 aliphatic rings. The lowest BCUT2D eigenvalue weighted by Crippen LogP contribution is -2.71. The monoisotopic (exact) mass is 394 g/mol. The summed E-state index contributed by atoms with van der Waals surface area (Å²) < 4.78 is 5.86. The van der Waals surface area contributed by atoms with E-state index in [-0.39, 0.29) is 29.3 Å². The first kappa shape index (κ1) is 20.8. The van der Waals surface area contributed by atoms with Gasteiger partial charge in [-0.15, -0.1) is 0 Å². The molecule has 0 aromatic rings. The van der Waals surface area contributed by atoms with Crippen molar-refractivity contribution >= 4 is 0 Å². The van der Waals surface area contributed by atoms with Gasteiger partial charge < -0.3 is 25.2 Å². The maximum Gasteiger partial charge on any atom is 0.0760 e. The third kappa shape index (κ3) is 2.10. The van der Waals surface area contributed by atoms with Crippen LogP contribution >= 0.6 is 0 Å². The second kappa shape index (κ2) is 5.82. The van der Waals surface area contributed by atoms with Gasteiger partial charge in [-0.1, -0.05) is 33.3 Å². The van der Waals surface area contributed by atoms with Crippen molar-refractivity contribution in [1.29, 1.82) is 0 Å². The molecule has 0 aromatic carbocycles. The van der Waals surface area contributed by atoms with Crippen LogP contribution in [0.2, 0.25) is 0 Å². The van der Waals surface area contributed by atoms with Gasteiger partial charge in [0.2, 0.25) is 0 Å². The summed E-state index contributed by atoms with van der Waals surface area (Å²) in [6.07, 6.45) is -1.07. The number of fused-ring (bicyclic) bond motifs is 4. The largest absolute Gasteiger partial charge is 0.392 e. The summed E-state index contributed by atoms with van der Waals surface area (Å²) in [5, 5.41) is 45.3. The SMILES string of the molecule is CC1=C2[C@H](C)[C@H](O)[C@@]3(C)[C@H]([C@H](C)[C@]2(C(C)(C)O)C[C@@H]1O)[C@]1(C)CO[C@@H]1C[C@@H]3O. The molecule has 1 heterocycles. The second-order valence-corrected chi connectivity index (χ2v) is 11.3. The van der Waals surface area contributed by atoms with Crippen LogP contribution in [-0.4, -0.2) is 57.0 Å². The fraction of sp³-hybridized carbons (Fsp3) is 0.913. The van der Waals surface area contributed by atoms with E-state index in [0.29, 0.717) is 19.4 Å². The lowest BCUT2D eigenvalue weighted by atomic mass is 9.44. The highest BCUT2D eigenvalue weighted by atomic mass is 16.5. The van der Waals surface area contributed by atoms with Gasteiger partial charge in [-0.3, -0.25) is 0 Å². The standard InChI is InChI=1S/C23H38O5/c1-11-14(24)9-23(20(4,5)27)13(3)18-21(6)10-28-16(21)8-15(25)22(18,7)19(26)12(2)17(11)23/h12-16,18-19,24-27H,8-10H2,1-7H3/t12-,13-,14-,15-,16+,18+,19-,21+,22+,23+/m0/s1. The van der Waals surface area contributed by atoms with E-state index < -0.39 is 34.7 Å². The number of rotatable bonds is 1. The zero-order valence-corrected chi connectivity index (χ0v) is 18.4. The maximum atomic E-state index is 11.7. The lowest BCUT2D eigenvalue weighted by Gasteiger charge is -2.66. The molecule has 3 aliphatic carbocycles. The van der Waals surface area contributed by atoms with Crippen LogP contribution in [0, 0.1) is 34.0 Å². The maximum absolute atomic E-state index is 11.7. The Hall–Kier alpha value is -0.460. The normalized spacial score (nSPS) is 56.5. The first-order valence-electron chi connectivity index (χ1n) is 10.8. The summed E-state index contributed by atoms with van der Waals surface area (Å²) >= 11 is 0. The van der Waals surface area contributed by atoms with Gasteiger partial charge in [0.1, 0.15) is 0 Å². The highest BCUT2D eigenvalue weighted by Gasteiger charge is 2.73. The van der Waals surface area contributed by atoms with Gasteiger partial charge in [0.05, 0.1) is 36.6 Å². The average molecular weight is 395 g/mol. The highest BCUT2D eigenvalue weighted by molar-refractivity contribution is 5.40. The third-order valence-corrected chi connectivity index (χ3v) is 9.72. The van der Waals surface area contributed by atoms with Crippen molar-refractivity contribution in [1.82, 2.24) is 0 Å². The Morgan fingerprint density at radius 1 is 1.11 bits per heavy atom. The molecule has 2 saturated carbocycles. The predicted molar refractivity (Wildman–Crippen MR) is 106 cm³/mol. The molecule has 0 amide bonds. The first-order chi connectivity index (χ1) is 12.7. The van der Waals surface area contributed by atoms with E-state index in [1.807, 2.05) is 34.6 Å². The predicted octanol–water partition coefficient (Wildman–Crippen LogP) is 2.26. The van der Waals surface area contributed by atoms with E-state index in [4.69, 9.17) is 4.74 Å². The molecule has 160 valence electrons. The summed E-state index contributed by atoms with van der Waals surface area (Å²) in [4.78, 5) is 0. The minimum Gasteiger partial charge on any atom is -0.392 e. The Morgan fingerprint density at radius 2 is 1.71 bits per heavy atom. The molecule has 0 radical (unpaired) electrons. The number of hydrogen-bond donors (Lipinski definition) is 4. The van der Waals surface area contributed by atoms with E-state index in [2.05, 4.69) is 13.8 Å². The Bertz CT molecular complexity index is 710. The fourth-order valence-corrected chi connectivity index (χ4v) is 8.37. The number of ether oxygens (including phenoxy) is 1. The minimum absolute atomic E-state index is 0.0256. The van der Waals surface area contributed by atoms with Crippen molar-refractivity contribution < 1.29 is 25.2 Å². The van der Waals surface area contributed by atoms with E-state index in [1.165, 1.54) is 0 Å². The number of hydrogen-bond acceptors (Lipinski definition) is 5. The molecule has 1 saturated heterocycles. The zero-order chi connectivity index (χ0) is 21.0. The van der Waals surface area contributed by atoms with Gasteiger partial charge >= 0.3 is 0 Å².